The predicted molar refractivity (Wildman–Crippen MR) is 128 cm³/mol. The van der Waals surface area contributed by atoms with E-state index in [0.29, 0.717) is 24.5 Å². The van der Waals surface area contributed by atoms with Gasteiger partial charge in [0.25, 0.3) is 10.0 Å². The molecule has 0 aliphatic rings. The van der Waals surface area contributed by atoms with Crippen molar-refractivity contribution in [2.75, 3.05) is 42.1 Å². The van der Waals surface area contributed by atoms with E-state index in [1.165, 1.54) is 18.2 Å². The highest BCUT2D eigenvalue weighted by molar-refractivity contribution is 7.92. The minimum atomic E-state index is -4.51. The van der Waals surface area contributed by atoms with E-state index >= 15 is 0 Å². The zero-order chi connectivity index (χ0) is 26.5. The summed E-state index contributed by atoms with van der Waals surface area (Å²) in [6.07, 6.45) is 1.48. The highest BCUT2D eigenvalue weighted by Gasteiger charge is 2.23. The van der Waals surface area contributed by atoms with Gasteiger partial charge in [0.2, 0.25) is 5.95 Å². The Morgan fingerprint density at radius 2 is 1.81 bits per heavy atom. The Balaban J connectivity index is 1.92. The molecule has 36 heavy (non-hydrogen) atoms. The van der Waals surface area contributed by atoms with Crippen molar-refractivity contribution in [3.05, 3.63) is 59.4 Å². The van der Waals surface area contributed by atoms with Gasteiger partial charge in [0.05, 0.1) is 34.5 Å². The Labute approximate surface area is 209 Å². The van der Waals surface area contributed by atoms with Crippen LogP contribution >= 0.6 is 11.6 Å². The average Bonchev–Trinajstić information content (AvgIpc) is 2.81. The number of likely N-dealkylation sites (N-methyl/N-ethyl adjacent to an activating group) is 2. The lowest BCUT2D eigenvalue weighted by molar-refractivity contribution is -0.0498. The molecular formula is C21H21ClF4N6O3S. The van der Waals surface area contributed by atoms with E-state index in [2.05, 4.69) is 25.3 Å². The average molecular weight is 549 g/mol. The predicted octanol–water partition coefficient (Wildman–Crippen LogP) is 4.21. The maximum Gasteiger partial charge on any atom is 0.387 e. The van der Waals surface area contributed by atoms with Gasteiger partial charge in [0, 0.05) is 32.3 Å². The Morgan fingerprint density at radius 1 is 1.11 bits per heavy atom. The molecule has 3 rings (SSSR count). The second-order valence-corrected chi connectivity index (χ2v) is 9.36. The van der Waals surface area contributed by atoms with Gasteiger partial charge in [-0.05, 0) is 25.2 Å². The van der Waals surface area contributed by atoms with Gasteiger partial charge in [-0.3, -0.25) is 0 Å². The van der Waals surface area contributed by atoms with Crippen molar-refractivity contribution in [1.29, 1.82) is 0 Å². The Morgan fingerprint density at radius 3 is 2.44 bits per heavy atom. The topological polar surface area (TPSA) is 108 Å². The maximum atomic E-state index is 14.9. The second kappa shape index (κ2) is 11.6. The highest BCUT2D eigenvalue weighted by Crippen LogP contribution is 2.36. The van der Waals surface area contributed by atoms with E-state index in [4.69, 9.17) is 11.6 Å². The fourth-order valence-electron chi connectivity index (χ4n) is 3.02. The number of anilines is 4. The number of ether oxygens (including phenoxy) is 1. The summed E-state index contributed by atoms with van der Waals surface area (Å²) in [6, 6.07) is 5.85. The molecule has 9 nitrogen and oxygen atoms in total. The monoisotopic (exact) mass is 548 g/mol. The summed E-state index contributed by atoms with van der Waals surface area (Å²) in [5, 5.41) is 5.70. The Hall–Kier alpha value is -3.36. The van der Waals surface area contributed by atoms with Crippen LogP contribution in [0.4, 0.5) is 40.6 Å². The van der Waals surface area contributed by atoms with Crippen LogP contribution in [0.25, 0.3) is 0 Å². The van der Waals surface area contributed by atoms with E-state index in [1.54, 1.807) is 19.0 Å². The fourth-order valence-corrected chi connectivity index (χ4v) is 4.34. The number of nitrogens with one attached hydrogen (secondary N) is 3. The molecule has 0 saturated carbocycles. The number of nitrogens with zero attached hydrogens (tertiary/aromatic N) is 3. The molecule has 0 bridgehead atoms. The van der Waals surface area contributed by atoms with Gasteiger partial charge in [-0.1, -0.05) is 11.6 Å². The number of alkyl halides is 2. The van der Waals surface area contributed by atoms with Crippen LogP contribution < -0.4 is 25.0 Å². The summed E-state index contributed by atoms with van der Waals surface area (Å²) in [5.41, 5.74) is 0.814. The first-order valence-corrected chi connectivity index (χ1v) is 12.1. The van der Waals surface area contributed by atoms with Gasteiger partial charge in [-0.25, -0.2) is 31.9 Å². The number of sulfonamides is 1. The van der Waals surface area contributed by atoms with Crippen LogP contribution in [0.1, 0.15) is 0 Å². The first kappa shape index (κ1) is 27.2. The number of aromatic nitrogens is 2. The number of hydrogen-bond donors (Lipinski definition) is 3. The molecule has 0 radical (unpaired) electrons. The third kappa shape index (κ3) is 6.86. The van der Waals surface area contributed by atoms with E-state index in [-0.39, 0.29) is 16.5 Å². The molecule has 3 aromatic rings. The lowest BCUT2D eigenvalue weighted by Gasteiger charge is -2.24. The van der Waals surface area contributed by atoms with Gasteiger partial charge in [-0.15, -0.1) is 0 Å². The Kier molecular flexibility index (Phi) is 8.76. The lowest BCUT2D eigenvalue weighted by Crippen LogP contribution is -2.27. The van der Waals surface area contributed by atoms with E-state index in [9.17, 15) is 26.0 Å². The smallest absolute Gasteiger partial charge is 0.387 e. The van der Waals surface area contributed by atoms with Gasteiger partial charge < -0.3 is 20.3 Å². The van der Waals surface area contributed by atoms with Crippen LogP contribution in [0, 0.1) is 11.6 Å². The molecule has 0 saturated heterocycles. The third-order valence-electron chi connectivity index (χ3n) is 4.73. The summed E-state index contributed by atoms with van der Waals surface area (Å²) >= 11 is 6.25. The van der Waals surface area contributed by atoms with E-state index in [1.807, 2.05) is 4.72 Å². The number of rotatable bonds is 11. The molecule has 15 heteroatoms. The van der Waals surface area contributed by atoms with Crippen molar-refractivity contribution in [2.45, 2.75) is 11.5 Å². The van der Waals surface area contributed by atoms with Crippen molar-refractivity contribution in [2.24, 2.45) is 0 Å². The van der Waals surface area contributed by atoms with Crippen LogP contribution in [-0.4, -0.2) is 52.2 Å². The van der Waals surface area contributed by atoms with Crippen LogP contribution in [0.3, 0.4) is 0 Å². The molecule has 0 aliphatic carbocycles. The SMILES string of the molecule is CNCCN(C)c1cc(OC(F)F)ccc1Nc1cc(F)c(S(=O)(=O)Nc2ncc(F)cn2)cc1Cl. The standard InChI is InChI=1S/C21H21ClF4N6O3S/c1-27-5-6-32(2)18-7-13(35-20(25)26)3-4-16(18)30-17-9-15(24)19(8-14(17)22)36(33,34)31-21-28-10-12(23)11-29-21/h3-4,7-11,20,27,30H,5-6H2,1-2H3,(H,28,29,31). The highest BCUT2D eigenvalue weighted by atomic mass is 35.5. The summed E-state index contributed by atoms with van der Waals surface area (Å²) in [5.74, 6) is -2.49. The van der Waals surface area contributed by atoms with Crippen LogP contribution in [-0.2, 0) is 10.0 Å². The van der Waals surface area contributed by atoms with Gasteiger partial charge >= 0.3 is 6.61 Å². The molecule has 1 heterocycles. The number of hydrogen-bond acceptors (Lipinski definition) is 8. The van der Waals surface area contributed by atoms with Gasteiger partial charge in [0.1, 0.15) is 16.5 Å². The second-order valence-electron chi connectivity index (χ2n) is 7.30. The normalized spacial score (nSPS) is 11.4. The van der Waals surface area contributed by atoms with E-state index in [0.717, 1.165) is 24.5 Å². The van der Waals surface area contributed by atoms with Gasteiger partial charge in [-0.2, -0.15) is 8.78 Å². The molecule has 0 spiro atoms. The van der Waals surface area contributed by atoms with Crippen LogP contribution in [0.15, 0.2) is 47.6 Å². The third-order valence-corrected chi connectivity index (χ3v) is 6.39. The number of halogens is 5. The van der Waals surface area contributed by atoms with Gasteiger partial charge in [0.15, 0.2) is 5.82 Å². The minimum Gasteiger partial charge on any atom is -0.435 e. The molecule has 2 aromatic carbocycles. The van der Waals surface area contributed by atoms with Crippen molar-refractivity contribution in [3.63, 3.8) is 0 Å². The lowest BCUT2D eigenvalue weighted by atomic mass is 10.2. The molecule has 0 aliphatic heterocycles. The van der Waals surface area contributed by atoms with Crippen molar-refractivity contribution in [3.8, 4) is 5.75 Å². The summed E-state index contributed by atoms with van der Waals surface area (Å²) in [6.45, 7) is -1.96. The molecule has 3 N–H and O–H groups in total. The van der Waals surface area contributed by atoms with Crippen molar-refractivity contribution in [1.82, 2.24) is 15.3 Å². The fraction of sp³-hybridized carbons (Fsp3) is 0.238. The number of benzene rings is 2. The van der Waals surface area contributed by atoms with Crippen molar-refractivity contribution < 1.29 is 30.7 Å². The minimum absolute atomic E-state index is 0.0111. The molecular weight excluding hydrogens is 528 g/mol. The summed E-state index contributed by atoms with van der Waals surface area (Å²) in [7, 11) is -1.04. The van der Waals surface area contributed by atoms with Crippen LogP contribution in [0.5, 0.6) is 5.75 Å². The van der Waals surface area contributed by atoms with E-state index < -0.39 is 39.1 Å². The molecule has 194 valence electrons. The molecule has 0 fully saturated rings. The maximum absolute atomic E-state index is 14.9. The largest absolute Gasteiger partial charge is 0.435 e. The van der Waals surface area contributed by atoms with Crippen LogP contribution in [0.2, 0.25) is 5.02 Å². The first-order valence-electron chi connectivity index (χ1n) is 10.2. The first-order chi connectivity index (χ1) is 17.0. The van der Waals surface area contributed by atoms with Crippen molar-refractivity contribution >= 4 is 44.6 Å². The molecule has 0 unspecified atom stereocenters. The zero-order valence-electron chi connectivity index (χ0n) is 18.9. The molecule has 0 amide bonds. The quantitative estimate of drug-likeness (QED) is 0.306. The summed E-state index contributed by atoms with van der Waals surface area (Å²) < 4.78 is 84.9. The molecule has 1 aromatic heterocycles. The summed E-state index contributed by atoms with van der Waals surface area (Å²) in [4.78, 5) is 7.90. The Bertz CT molecular complexity index is 1320. The molecule has 0 atom stereocenters. The zero-order valence-corrected chi connectivity index (χ0v) is 20.5.